The minimum Gasteiger partial charge on any atom is -0.308 e. The standard InChI is InChI=1S/C17H26N4/c1-12-13(2)20-21(14(12)3)11-16-8-7-15(9-18-16)10-19-17(4,5)6/h7-9,19H,10-11H2,1-6H3. The van der Waals surface area contributed by atoms with E-state index in [0.717, 1.165) is 24.5 Å². The minimum absolute atomic E-state index is 0.125. The van der Waals surface area contributed by atoms with Crippen molar-refractivity contribution in [3.8, 4) is 0 Å². The molecule has 4 heteroatoms. The fraction of sp³-hybridized carbons (Fsp3) is 0.529. The van der Waals surface area contributed by atoms with Crippen LogP contribution in [0.2, 0.25) is 0 Å². The van der Waals surface area contributed by atoms with Crippen molar-refractivity contribution in [2.24, 2.45) is 0 Å². The molecule has 0 spiro atoms. The van der Waals surface area contributed by atoms with Crippen molar-refractivity contribution in [2.75, 3.05) is 0 Å². The average Bonchev–Trinajstić information content (AvgIpc) is 2.65. The van der Waals surface area contributed by atoms with Gasteiger partial charge in [0, 0.05) is 24.0 Å². The summed E-state index contributed by atoms with van der Waals surface area (Å²) < 4.78 is 2.03. The maximum absolute atomic E-state index is 4.56. The second-order valence-corrected chi connectivity index (χ2v) is 6.71. The monoisotopic (exact) mass is 286 g/mol. The molecular weight excluding hydrogens is 260 g/mol. The fourth-order valence-corrected chi connectivity index (χ4v) is 2.11. The van der Waals surface area contributed by atoms with E-state index >= 15 is 0 Å². The van der Waals surface area contributed by atoms with Crippen molar-refractivity contribution in [1.29, 1.82) is 0 Å². The zero-order valence-corrected chi connectivity index (χ0v) is 14.0. The molecule has 0 fully saturated rings. The van der Waals surface area contributed by atoms with Gasteiger partial charge in [-0.25, -0.2) is 0 Å². The predicted molar refractivity (Wildman–Crippen MR) is 86.4 cm³/mol. The first-order chi connectivity index (χ1) is 9.76. The molecule has 0 aliphatic carbocycles. The molecule has 2 aromatic rings. The van der Waals surface area contributed by atoms with E-state index in [4.69, 9.17) is 0 Å². The molecule has 2 rings (SSSR count). The van der Waals surface area contributed by atoms with E-state index in [9.17, 15) is 0 Å². The number of rotatable bonds is 4. The van der Waals surface area contributed by atoms with Crippen LogP contribution in [0, 0.1) is 20.8 Å². The summed E-state index contributed by atoms with van der Waals surface area (Å²) >= 11 is 0. The molecule has 0 atom stereocenters. The Morgan fingerprint density at radius 2 is 1.86 bits per heavy atom. The molecule has 114 valence electrons. The van der Waals surface area contributed by atoms with Gasteiger partial charge in [0.2, 0.25) is 0 Å². The highest BCUT2D eigenvalue weighted by molar-refractivity contribution is 5.23. The second-order valence-electron chi connectivity index (χ2n) is 6.71. The van der Waals surface area contributed by atoms with Crippen LogP contribution in [0.15, 0.2) is 18.3 Å². The Balaban J connectivity index is 2.04. The van der Waals surface area contributed by atoms with Gasteiger partial charge in [0.25, 0.3) is 0 Å². The summed E-state index contributed by atoms with van der Waals surface area (Å²) in [4.78, 5) is 4.55. The largest absolute Gasteiger partial charge is 0.308 e. The highest BCUT2D eigenvalue weighted by Gasteiger charge is 2.10. The van der Waals surface area contributed by atoms with E-state index in [1.54, 1.807) is 0 Å². The van der Waals surface area contributed by atoms with E-state index < -0.39 is 0 Å². The van der Waals surface area contributed by atoms with Gasteiger partial charge in [-0.1, -0.05) is 6.07 Å². The number of pyridine rings is 1. The van der Waals surface area contributed by atoms with Crippen molar-refractivity contribution < 1.29 is 0 Å². The number of aryl methyl sites for hydroxylation is 1. The summed E-state index contributed by atoms with van der Waals surface area (Å²) in [6, 6.07) is 4.23. The maximum atomic E-state index is 4.56. The molecule has 0 unspecified atom stereocenters. The number of nitrogens with zero attached hydrogens (tertiary/aromatic N) is 3. The van der Waals surface area contributed by atoms with Crippen molar-refractivity contribution >= 4 is 0 Å². The first kappa shape index (κ1) is 15.7. The molecule has 4 nitrogen and oxygen atoms in total. The lowest BCUT2D eigenvalue weighted by Crippen LogP contribution is -2.35. The molecular formula is C17H26N4. The first-order valence-corrected chi connectivity index (χ1v) is 7.46. The first-order valence-electron chi connectivity index (χ1n) is 7.46. The lowest BCUT2D eigenvalue weighted by Gasteiger charge is -2.20. The summed E-state index contributed by atoms with van der Waals surface area (Å²) in [5.41, 5.74) is 5.95. The van der Waals surface area contributed by atoms with Crippen molar-refractivity contribution in [1.82, 2.24) is 20.1 Å². The SMILES string of the molecule is Cc1nn(Cc2ccc(CNC(C)(C)C)cn2)c(C)c1C. The van der Waals surface area contributed by atoms with Gasteiger partial charge in [-0.15, -0.1) is 0 Å². The van der Waals surface area contributed by atoms with E-state index in [-0.39, 0.29) is 5.54 Å². The Hall–Kier alpha value is -1.68. The van der Waals surface area contributed by atoms with Crippen LogP contribution in [-0.4, -0.2) is 20.3 Å². The van der Waals surface area contributed by atoms with Gasteiger partial charge in [-0.05, 0) is 58.7 Å². The molecule has 2 aromatic heterocycles. The molecule has 21 heavy (non-hydrogen) atoms. The van der Waals surface area contributed by atoms with Gasteiger partial charge >= 0.3 is 0 Å². The summed E-state index contributed by atoms with van der Waals surface area (Å²) in [7, 11) is 0. The smallest absolute Gasteiger partial charge is 0.0834 e. The van der Waals surface area contributed by atoms with Crippen LogP contribution in [0.3, 0.4) is 0 Å². The normalized spacial score (nSPS) is 11.9. The molecule has 0 bridgehead atoms. The second kappa shape index (κ2) is 5.98. The van der Waals surface area contributed by atoms with Crippen LogP contribution < -0.4 is 5.32 Å². The quantitative estimate of drug-likeness (QED) is 0.939. The molecule has 0 aliphatic rings. The summed E-state index contributed by atoms with van der Waals surface area (Å²) in [6.07, 6.45) is 1.95. The zero-order valence-electron chi connectivity index (χ0n) is 14.0. The van der Waals surface area contributed by atoms with Gasteiger partial charge < -0.3 is 5.32 Å². The predicted octanol–water partition coefficient (Wildman–Crippen LogP) is 3.14. The molecule has 0 radical (unpaired) electrons. The Kier molecular flexibility index (Phi) is 4.47. The Morgan fingerprint density at radius 1 is 1.14 bits per heavy atom. The van der Waals surface area contributed by atoms with Gasteiger partial charge in [0.05, 0.1) is 17.9 Å². The summed E-state index contributed by atoms with van der Waals surface area (Å²) in [6.45, 7) is 14.3. The molecule has 2 heterocycles. The van der Waals surface area contributed by atoms with Crippen LogP contribution >= 0.6 is 0 Å². The number of hydrogen-bond donors (Lipinski definition) is 1. The molecule has 0 saturated heterocycles. The van der Waals surface area contributed by atoms with E-state index in [2.05, 4.69) is 62.2 Å². The highest BCUT2D eigenvalue weighted by Crippen LogP contribution is 2.12. The lowest BCUT2D eigenvalue weighted by molar-refractivity contribution is 0.424. The molecule has 1 N–H and O–H groups in total. The third-order valence-corrected chi connectivity index (χ3v) is 3.76. The van der Waals surface area contributed by atoms with Crippen LogP contribution in [0.4, 0.5) is 0 Å². The van der Waals surface area contributed by atoms with Gasteiger partial charge in [-0.2, -0.15) is 5.10 Å². The number of nitrogens with one attached hydrogen (secondary N) is 1. The van der Waals surface area contributed by atoms with Crippen molar-refractivity contribution in [2.45, 2.75) is 60.2 Å². The third-order valence-electron chi connectivity index (χ3n) is 3.76. The minimum atomic E-state index is 0.125. The Labute approximate surface area is 127 Å². The van der Waals surface area contributed by atoms with Crippen LogP contribution in [0.25, 0.3) is 0 Å². The highest BCUT2D eigenvalue weighted by atomic mass is 15.3. The Bertz CT molecular complexity index is 603. The van der Waals surface area contributed by atoms with Crippen LogP contribution in [0.1, 0.15) is 49.0 Å². The molecule has 0 aromatic carbocycles. The van der Waals surface area contributed by atoms with Gasteiger partial charge in [-0.3, -0.25) is 9.67 Å². The fourth-order valence-electron chi connectivity index (χ4n) is 2.11. The zero-order chi connectivity index (χ0) is 15.6. The Morgan fingerprint density at radius 3 is 2.33 bits per heavy atom. The van der Waals surface area contributed by atoms with Gasteiger partial charge in [0.1, 0.15) is 0 Å². The topological polar surface area (TPSA) is 42.7 Å². The van der Waals surface area contributed by atoms with Crippen LogP contribution in [-0.2, 0) is 13.1 Å². The van der Waals surface area contributed by atoms with Gasteiger partial charge in [0.15, 0.2) is 0 Å². The summed E-state index contributed by atoms with van der Waals surface area (Å²) in [5, 5.41) is 8.03. The van der Waals surface area contributed by atoms with E-state index in [0.29, 0.717) is 0 Å². The summed E-state index contributed by atoms with van der Waals surface area (Å²) in [5.74, 6) is 0. The maximum Gasteiger partial charge on any atom is 0.0834 e. The van der Waals surface area contributed by atoms with E-state index in [1.165, 1.54) is 16.8 Å². The third kappa shape index (κ3) is 4.14. The van der Waals surface area contributed by atoms with Crippen molar-refractivity contribution in [3.63, 3.8) is 0 Å². The van der Waals surface area contributed by atoms with Crippen LogP contribution in [0.5, 0.6) is 0 Å². The van der Waals surface area contributed by atoms with E-state index in [1.807, 2.05) is 17.8 Å². The lowest BCUT2D eigenvalue weighted by atomic mass is 10.1. The number of hydrogen-bond acceptors (Lipinski definition) is 3. The average molecular weight is 286 g/mol. The molecule has 0 saturated carbocycles. The number of aromatic nitrogens is 3. The molecule has 0 amide bonds. The molecule has 0 aliphatic heterocycles. The van der Waals surface area contributed by atoms with Crippen molar-refractivity contribution in [3.05, 3.63) is 46.5 Å².